The number of hydrogen-bond donors (Lipinski definition) is 0. The second kappa shape index (κ2) is 4.62. The van der Waals surface area contributed by atoms with E-state index >= 15 is 0 Å². The van der Waals surface area contributed by atoms with Gasteiger partial charge < -0.3 is 4.90 Å². The number of anilines is 1. The van der Waals surface area contributed by atoms with Gasteiger partial charge in [0.1, 0.15) is 0 Å². The van der Waals surface area contributed by atoms with Crippen molar-refractivity contribution in [1.29, 1.82) is 0 Å². The Kier molecular flexibility index (Phi) is 2.78. The standard InChI is InChI=1S/C15H17N3S/c1-2-6-14-13(5-1)16-15(19-14)18-10-7-12(11-18)17-8-3-4-9-17/h1-6,12H,7-11H2. The van der Waals surface area contributed by atoms with Gasteiger partial charge in [-0.05, 0) is 18.6 Å². The molecule has 19 heavy (non-hydrogen) atoms. The second-order valence-corrected chi connectivity index (χ2v) is 6.29. The average molecular weight is 271 g/mol. The Balaban J connectivity index is 1.53. The summed E-state index contributed by atoms with van der Waals surface area (Å²) in [7, 11) is 0. The Bertz CT molecular complexity index is 578. The Morgan fingerprint density at radius 1 is 1.16 bits per heavy atom. The van der Waals surface area contributed by atoms with Crippen LogP contribution in [-0.4, -0.2) is 42.1 Å². The normalized spacial score (nSPS) is 23.8. The van der Waals surface area contributed by atoms with E-state index in [0.29, 0.717) is 6.04 Å². The third-order valence-corrected chi connectivity index (χ3v) is 5.18. The van der Waals surface area contributed by atoms with Crippen LogP contribution in [0.1, 0.15) is 6.42 Å². The highest BCUT2D eigenvalue weighted by Crippen LogP contribution is 2.31. The molecule has 0 radical (unpaired) electrons. The molecule has 0 bridgehead atoms. The Morgan fingerprint density at radius 2 is 2.00 bits per heavy atom. The van der Waals surface area contributed by atoms with Gasteiger partial charge in [-0.2, -0.15) is 0 Å². The molecule has 0 spiro atoms. The van der Waals surface area contributed by atoms with Crippen LogP contribution in [-0.2, 0) is 0 Å². The molecule has 1 saturated heterocycles. The van der Waals surface area contributed by atoms with Gasteiger partial charge in [-0.15, -0.1) is 0 Å². The van der Waals surface area contributed by atoms with Crippen LogP contribution in [0.4, 0.5) is 5.13 Å². The van der Waals surface area contributed by atoms with Gasteiger partial charge in [0.2, 0.25) is 0 Å². The van der Waals surface area contributed by atoms with Crippen LogP contribution in [0.3, 0.4) is 0 Å². The van der Waals surface area contributed by atoms with Crippen LogP contribution in [0.5, 0.6) is 0 Å². The zero-order valence-electron chi connectivity index (χ0n) is 10.8. The van der Waals surface area contributed by atoms with Gasteiger partial charge in [-0.1, -0.05) is 35.6 Å². The van der Waals surface area contributed by atoms with Crippen molar-refractivity contribution >= 4 is 26.7 Å². The van der Waals surface area contributed by atoms with Gasteiger partial charge in [0, 0.05) is 32.2 Å². The molecule has 3 heterocycles. The maximum absolute atomic E-state index is 4.77. The number of thiazole rings is 1. The topological polar surface area (TPSA) is 19.4 Å². The number of rotatable bonds is 2. The number of aromatic nitrogens is 1. The first-order valence-electron chi connectivity index (χ1n) is 6.90. The van der Waals surface area contributed by atoms with Crippen LogP contribution in [0.25, 0.3) is 10.2 Å². The number of hydrogen-bond acceptors (Lipinski definition) is 4. The van der Waals surface area contributed by atoms with Gasteiger partial charge in [-0.25, -0.2) is 4.98 Å². The van der Waals surface area contributed by atoms with Crippen molar-refractivity contribution in [3.63, 3.8) is 0 Å². The molecule has 2 aromatic rings. The van der Waals surface area contributed by atoms with Crippen molar-refractivity contribution in [3.05, 3.63) is 36.4 Å². The molecule has 1 fully saturated rings. The van der Waals surface area contributed by atoms with Crippen LogP contribution in [0, 0.1) is 0 Å². The van der Waals surface area contributed by atoms with Crippen molar-refractivity contribution in [3.8, 4) is 0 Å². The van der Waals surface area contributed by atoms with E-state index in [-0.39, 0.29) is 0 Å². The first-order chi connectivity index (χ1) is 9.40. The van der Waals surface area contributed by atoms with E-state index < -0.39 is 0 Å². The fraction of sp³-hybridized carbons (Fsp3) is 0.400. The maximum atomic E-state index is 4.77. The van der Waals surface area contributed by atoms with E-state index in [1.807, 2.05) is 11.3 Å². The molecule has 3 nitrogen and oxygen atoms in total. The molecule has 2 aliphatic rings. The van der Waals surface area contributed by atoms with Crippen molar-refractivity contribution in [2.24, 2.45) is 0 Å². The molecule has 98 valence electrons. The van der Waals surface area contributed by atoms with Crippen LogP contribution in [0.15, 0.2) is 36.4 Å². The van der Waals surface area contributed by atoms with Crippen LogP contribution in [0.2, 0.25) is 0 Å². The zero-order chi connectivity index (χ0) is 12.7. The number of fused-ring (bicyclic) bond motifs is 1. The molecule has 1 aromatic heterocycles. The Labute approximate surface area is 117 Å². The predicted octanol–water partition coefficient (Wildman–Crippen LogP) is 2.75. The van der Waals surface area contributed by atoms with Gasteiger partial charge in [0.05, 0.1) is 10.2 Å². The van der Waals surface area contributed by atoms with E-state index in [1.54, 1.807) is 0 Å². The van der Waals surface area contributed by atoms with E-state index in [2.05, 4.69) is 46.2 Å². The molecule has 1 atom stereocenters. The number of para-hydroxylation sites is 1. The SMILES string of the molecule is C1=CCN(C2CCN(c3nc4ccccc4s3)C2)C1. The average Bonchev–Trinajstić information content (AvgIpc) is 3.17. The van der Waals surface area contributed by atoms with Crippen molar-refractivity contribution in [1.82, 2.24) is 9.88 Å². The highest BCUT2D eigenvalue weighted by Gasteiger charge is 2.29. The Morgan fingerprint density at radius 3 is 2.84 bits per heavy atom. The van der Waals surface area contributed by atoms with Crippen molar-refractivity contribution in [2.45, 2.75) is 12.5 Å². The lowest BCUT2D eigenvalue weighted by molar-refractivity contribution is 0.271. The summed E-state index contributed by atoms with van der Waals surface area (Å²) in [5.41, 5.74) is 1.13. The van der Waals surface area contributed by atoms with Crippen molar-refractivity contribution < 1.29 is 0 Å². The number of nitrogens with zero attached hydrogens (tertiary/aromatic N) is 3. The van der Waals surface area contributed by atoms with Gasteiger partial charge in [0.15, 0.2) is 5.13 Å². The minimum absolute atomic E-state index is 0.696. The smallest absolute Gasteiger partial charge is 0.186 e. The minimum Gasteiger partial charge on any atom is -0.346 e. The summed E-state index contributed by atoms with van der Waals surface area (Å²) >= 11 is 1.82. The first-order valence-corrected chi connectivity index (χ1v) is 7.71. The van der Waals surface area contributed by atoms with Gasteiger partial charge in [-0.3, -0.25) is 4.90 Å². The van der Waals surface area contributed by atoms with Crippen LogP contribution >= 0.6 is 11.3 Å². The quantitative estimate of drug-likeness (QED) is 0.783. The van der Waals surface area contributed by atoms with E-state index in [4.69, 9.17) is 4.98 Å². The van der Waals surface area contributed by atoms with Crippen LogP contribution < -0.4 is 4.90 Å². The summed E-state index contributed by atoms with van der Waals surface area (Å²) in [5.74, 6) is 0. The van der Waals surface area contributed by atoms with Crippen molar-refractivity contribution in [2.75, 3.05) is 31.1 Å². The van der Waals surface area contributed by atoms with Gasteiger partial charge >= 0.3 is 0 Å². The maximum Gasteiger partial charge on any atom is 0.186 e. The molecule has 0 N–H and O–H groups in total. The van der Waals surface area contributed by atoms with E-state index in [9.17, 15) is 0 Å². The highest BCUT2D eigenvalue weighted by molar-refractivity contribution is 7.22. The summed E-state index contributed by atoms with van der Waals surface area (Å²) in [6.07, 6.45) is 5.82. The monoisotopic (exact) mass is 271 g/mol. The molecular formula is C15H17N3S. The minimum atomic E-state index is 0.696. The zero-order valence-corrected chi connectivity index (χ0v) is 11.6. The van der Waals surface area contributed by atoms with E-state index in [1.165, 1.54) is 16.3 Å². The molecule has 0 amide bonds. The lowest BCUT2D eigenvalue weighted by atomic mass is 10.2. The second-order valence-electron chi connectivity index (χ2n) is 5.28. The summed E-state index contributed by atoms with van der Waals surface area (Å²) in [5, 5.41) is 1.19. The van der Waals surface area contributed by atoms with E-state index in [0.717, 1.165) is 31.7 Å². The molecule has 0 saturated carbocycles. The molecule has 4 heteroatoms. The predicted molar refractivity (Wildman–Crippen MR) is 81.0 cm³/mol. The molecule has 4 rings (SSSR count). The van der Waals surface area contributed by atoms with Gasteiger partial charge in [0.25, 0.3) is 0 Å². The molecule has 1 unspecified atom stereocenters. The lowest BCUT2D eigenvalue weighted by Gasteiger charge is -2.23. The summed E-state index contributed by atoms with van der Waals surface area (Å²) in [6, 6.07) is 9.12. The summed E-state index contributed by atoms with van der Waals surface area (Å²) in [6.45, 7) is 4.51. The molecular weight excluding hydrogens is 254 g/mol. The summed E-state index contributed by atoms with van der Waals surface area (Å²) < 4.78 is 1.30. The molecule has 0 aliphatic carbocycles. The summed E-state index contributed by atoms with van der Waals surface area (Å²) in [4.78, 5) is 9.78. The first kappa shape index (κ1) is 11.4. The molecule has 2 aliphatic heterocycles. The largest absolute Gasteiger partial charge is 0.346 e. The lowest BCUT2D eigenvalue weighted by Crippen LogP contribution is -2.35. The highest BCUT2D eigenvalue weighted by atomic mass is 32.1. The molecule has 1 aromatic carbocycles. The third kappa shape index (κ3) is 2.05. The third-order valence-electron chi connectivity index (χ3n) is 4.08. The fourth-order valence-electron chi connectivity index (χ4n) is 3.00. The fourth-order valence-corrected chi connectivity index (χ4v) is 4.00. The Hall–Kier alpha value is -1.39. The number of benzene rings is 1.